The first-order valence-electron chi connectivity index (χ1n) is 9.91. The molecule has 1 fully saturated rings. The van der Waals surface area contributed by atoms with Gasteiger partial charge in [-0.2, -0.15) is 0 Å². The zero-order valence-electron chi connectivity index (χ0n) is 15.9. The lowest BCUT2D eigenvalue weighted by Gasteiger charge is -2.40. The van der Waals surface area contributed by atoms with Crippen LogP contribution in [0.2, 0.25) is 0 Å². The molecule has 27 heavy (non-hydrogen) atoms. The normalized spacial score (nSPS) is 21.5. The maximum atomic E-state index is 13.0. The van der Waals surface area contributed by atoms with Crippen molar-refractivity contribution in [3.63, 3.8) is 0 Å². The van der Waals surface area contributed by atoms with Gasteiger partial charge in [0.05, 0.1) is 5.69 Å². The summed E-state index contributed by atoms with van der Waals surface area (Å²) >= 11 is 0. The average Bonchev–Trinajstić information content (AvgIpc) is 3.00. The van der Waals surface area contributed by atoms with Gasteiger partial charge in [-0.25, -0.2) is 14.4 Å². The highest BCUT2D eigenvalue weighted by molar-refractivity contribution is 5.76. The number of halogens is 1. The molecular formula is C22H26FN3O. The Morgan fingerprint density at radius 3 is 2.89 bits per heavy atom. The van der Waals surface area contributed by atoms with Gasteiger partial charge < -0.3 is 4.90 Å². The summed E-state index contributed by atoms with van der Waals surface area (Å²) in [5.41, 5.74) is 3.54. The Labute approximate surface area is 159 Å². The molecule has 1 aliphatic heterocycles. The van der Waals surface area contributed by atoms with Crippen molar-refractivity contribution in [2.45, 2.75) is 57.3 Å². The third kappa shape index (κ3) is 3.73. The topological polar surface area (TPSA) is 46.1 Å². The van der Waals surface area contributed by atoms with E-state index in [1.165, 1.54) is 23.4 Å². The van der Waals surface area contributed by atoms with E-state index in [0.717, 1.165) is 63.0 Å². The van der Waals surface area contributed by atoms with E-state index < -0.39 is 0 Å². The first-order valence-corrected chi connectivity index (χ1v) is 9.91. The number of carbonyl (C=O) groups excluding carboxylic acids is 1. The summed E-state index contributed by atoms with van der Waals surface area (Å²) in [5, 5.41) is 0. The number of hydrogen-bond acceptors (Lipinski definition) is 3. The van der Waals surface area contributed by atoms with Crippen LogP contribution in [0.5, 0.6) is 0 Å². The fraction of sp³-hybridized carbons (Fsp3) is 0.500. The van der Waals surface area contributed by atoms with Crippen LogP contribution in [-0.2, 0) is 23.1 Å². The first kappa shape index (κ1) is 18.1. The number of fused-ring (bicyclic) bond motifs is 2. The first-order chi connectivity index (χ1) is 13.1. The van der Waals surface area contributed by atoms with Gasteiger partial charge in [-0.15, -0.1) is 0 Å². The Morgan fingerprint density at radius 1 is 1.26 bits per heavy atom. The fourth-order valence-corrected chi connectivity index (χ4v) is 4.62. The molecule has 2 aliphatic rings. The van der Waals surface area contributed by atoms with Gasteiger partial charge in [-0.05, 0) is 68.7 Å². The van der Waals surface area contributed by atoms with E-state index in [2.05, 4.69) is 4.98 Å². The van der Waals surface area contributed by atoms with Crippen molar-refractivity contribution in [3.05, 3.63) is 58.9 Å². The Balaban J connectivity index is 1.38. The number of benzene rings is 1. The number of aromatic nitrogens is 2. The van der Waals surface area contributed by atoms with E-state index in [1.54, 1.807) is 12.1 Å². The molecule has 5 heteroatoms. The van der Waals surface area contributed by atoms with Gasteiger partial charge in [-0.3, -0.25) is 4.79 Å². The molecule has 4 nitrogen and oxygen atoms in total. The van der Waals surface area contributed by atoms with Crippen LogP contribution < -0.4 is 0 Å². The van der Waals surface area contributed by atoms with Crippen molar-refractivity contribution in [2.24, 2.45) is 0 Å². The highest BCUT2D eigenvalue weighted by Gasteiger charge is 2.44. The van der Waals surface area contributed by atoms with Crippen LogP contribution in [0.4, 0.5) is 4.39 Å². The second kappa shape index (κ2) is 7.37. The molecule has 0 bridgehead atoms. The Bertz CT molecular complexity index is 832. The van der Waals surface area contributed by atoms with Gasteiger partial charge in [0.15, 0.2) is 0 Å². The van der Waals surface area contributed by atoms with Crippen LogP contribution in [-0.4, -0.2) is 33.9 Å². The SMILES string of the molecule is Cc1ncc2c(n1)C1(CCCN(C(=O)CCCc3ccc(F)cc3)C1)CC2. The summed E-state index contributed by atoms with van der Waals surface area (Å²) in [5.74, 6) is 0.831. The van der Waals surface area contributed by atoms with Gasteiger partial charge in [0, 0.05) is 31.1 Å². The third-order valence-corrected chi connectivity index (χ3v) is 6.06. The molecule has 1 saturated heterocycles. The van der Waals surface area contributed by atoms with E-state index in [4.69, 9.17) is 4.98 Å². The van der Waals surface area contributed by atoms with Gasteiger partial charge in [0.25, 0.3) is 0 Å². The van der Waals surface area contributed by atoms with Crippen LogP contribution in [0.25, 0.3) is 0 Å². The van der Waals surface area contributed by atoms with Crippen molar-refractivity contribution in [3.8, 4) is 0 Å². The summed E-state index contributed by atoms with van der Waals surface area (Å²) < 4.78 is 13.0. The molecule has 1 amide bonds. The molecule has 0 radical (unpaired) electrons. The zero-order chi connectivity index (χ0) is 18.9. The minimum Gasteiger partial charge on any atom is -0.342 e. The highest BCUT2D eigenvalue weighted by Crippen LogP contribution is 2.43. The van der Waals surface area contributed by atoms with Gasteiger partial charge in [0.2, 0.25) is 5.91 Å². The number of hydrogen-bond donors (Lipinski definition) is 0. The number of nitrogens with zero attached hydrogens (tertiary/aromatic N) is 3. The molecule has 0 saturated carbocycles. The second-order valence-corrected chi connectivity index (χ2v) is 7.97. The van der Waals surface area contributed by atoms with Crippen LogP contribution >= 0.6 is 0 Å². The second-order valence-electron chi connectivity index (χ2n) is 7.97. The molecule has 1 aromatic carbocycles. The molecule has 1 aromatic heterocycles. The predicted octanol–water partition coefficient (Wildman–Crippen LogP) is 3.75. The number of piperidine rings is 1. The maximum Gasteiger partial charge on any atom is 0.222 e. The van der Waals surface area contributed by atoms with Crippen LogP contribution in [0.1, 0.15) is 54.7 Å². The van der Waals surface area contributed by atoms with E-state index in [9.17, 15) is 9.18 Å². The van der Waals surface area contributed by atoms with Gasteiger partial charge >= 0.3 is 0 Å². The van der Waals surface area contributed by atoms with E-state index in [0.29, 0.717) is 6.42 Å². The lowest BCUT2D eigenvalue weighted by molar-refractivity contribution is -0.133. The molecule has 142 valence electrons. The lowest BCUT2D eigenvalue weighted by Crippen LogP contribution is -2.48. The van der Waals surface area contributed by atoms with Crippen molar-refractivity contribution in [1.29, 1.82) is 0 Å². The van der Waals surface area contributed by atoms with Crippen molar-refractivity contribution >= 4 is 5.91 Å². The van der Waals surface area contributed by atoms with Gasteiger partial charge in [0.1, 0.15) is 11.6 Å². The van der Waals surface area contributed by atoms with Crippen LogP contribution in [0, 0.1) is 12.7 Å². The molecule has 1 unspecified atom stereocenters. The zero-order valence-corrected chi connectivity index (χ0v) is 15.9. The minimum atomic E-state index is -0.218. The molecule has 1 aliphatic carbocycles. The quantitative estimate of drug-likeness (QED) is 0.827. The summed E-state index contributed by atoms with van der Waals surface area (Å²) in [6.07, 6.45) is 8.34. The maximum absolute atomic E-state index is 13.0. The van der Waals surface area contributed by atoms with Crippen molar-refractivity contribution in [1.82, 2.24) is 14.9 Å². The molecule has 2 heterocycles. The fourth-order valence-electron chi connectivity index (χ4n) is 4.62. The molecule has 0 N–H and O–H groups in total. The minimum absolute atomic E-state index is 0.0217. The number of rotatable bonds is 4. The van der Waals surface area contributed by atoms with Crippen molar-refractivity contribution < 1.29 is 9.18 Å². The van der Waals surface area contributed by atoms with E-state index in [-0.39, 0.29) is 17.1 Å². The number of carbonyl (C=O) groups is 1. The summed E-state index contributed by atoms with van der Waals surface area (Å²) in [6.45, 7) is 3.57. The number of amides is 1. The predicted molar refractivity (Wildman–Crippen MR) is 102 cm³/mol. The Morgan fingerprint density at radius 2 is 2.07 bits per heavy atom. The van der Waals surface area contributed by atoms with Crippen LogP contribution in [0.3, 0.4) is 0 Å². The number of aryl methyl sites for hydroxylation is 3. The van der Waals surface area contributed by atoms with E-state index in [1.807, 2.05) is 18.0 Å². The van der Waals surface area contributed by atoms with Crippen LogP contribution in [0.15, 0.2) is 30.5 Å². The summed E-state index contributed by atoms with van der Waals surface area (Å²) in [6, 6.07) is 6.56. The van der Waals surface area contributed by atoms with E-state index >= 15 is 0 Å². The van der Waals surface area contributed by atoms with Gasteiger partial charge in [-0.1, -0.05) is 12.1 Å². The Hall–Kier alpha value is -2.30. The molecule has 2 aromatic rings. The Kier molecular flexibility index (Phi) is 4.94. The smallest absolute Gasteiger partial charge is 0.222 e. The summed E-state index contributed by atoms with van der Waals surface area (Å²) in [7, 11) is 0. The molecule has 4 rings (SSSR count). The number of likely N-dealkylation sites (tertiary alicyclic amines) is 1. The highest BCUT2D eigenvalue weighted by atomic mass is 19.1. The average molecular weight is 367 g/mol. The third-order valence-electron chi connectivity index (χ3n) is 6.06. The molecule has 1 atom stereocenters. The summed E-state index contributed by atoms with van der Waals surface area (Å²) in [4.78, 5) is 23.9. The monoisotopic (exact) mass is 367 g/mol. The largest absolute Gasteiger partial charge is 0.342 e. The standard InChI is InChI=1S/C22H26FN3O/c1-16-24-14-18-10-12-22(21(18)25-16)11-3-13-26(15-22)20(27)5-2-4-17-6-8-19(23)9-7-17/h6-9,14H,2-5,10-13,15H2,1H3. The van der Waals surface area contributed by atoms with Crippen molar-refractivity contribution in [2.75, 3.05) is 13.1 Å². The lowest BCUT2D eigenvalue weighted by atomic mass is 9.77. The molecular weight excluding hydrogens is 341 g/mol. The molecule has 1 spiro atoms.